The molecule has 4 rings (SSSR count). The van der Waals surface area contributed by atoms with Gasteiger partial charge in [0.05, 0.1) is 32.9 Å². The molecule has 2 aromatic carbocycles. The average Bonchev–Trinajstić information content (AvgIpc) is 3.08. The number of thioether (sulfide) groups is 1. The molecule has 0 aliphatic carbocycles. The molecule has 0 bridgehead atoms. The third-order valence-corrected chi connectivity index (χ3v) is 5.72. The van der Waals surface area contributed by atoms with Crippen LogP contribution in [0.5, 0.6) is 17.2 Å². The van der Waals surface area contributed by atoms with Gasteiger partial charge in [0, 0.05) is 0 Å². The second kappa shape index (κ2) is 8.08. The van der Waals surface area contributed by atoms with Gasteiger partial charge in [-0.05, 0) is 35.9 Å². The number of carbonyl (C=O) groups is 1. The first-order valence-electron chi connectivity index (χ1n) is 8.99. The van der Waals surface area contributed by atoms with E-state index in [9.17, 15) is 4.79 Å². The fourth-order valence-electron chi connectivity index (χ4n) is 3.25. The zero-order valence-electron chi connectivity index (χ0n) is 16.4. The van der Waals surface area contributed by atoms with E-state index in [-0.39, 0.29) is 5.91 Å². The predicted molar refractivity (Wildman–Crippen MR) is 115 cm³/mol. The molecule has 0 spiro atoms. The lowest BCUT2D eigenvalue weighted by Gasteiger charge is -2.34. The molecule has 2 aliphatic rings. The van der Waals surface area contributed by atoms with Crippen LogP contribution in [0.1, 0.15) is 5.56 Å². The summed E-state index contributed by atoms with van der Waals surface area (Å²) in [5.41, 5.74) is 2.18. The molecular formula is C21H21N3O4S. The summed E-state index contributed by atoms with van der Waals surface area (Å²) >= 11 is 1.53. The number of amides is 1. The SMILES string of the molecule is COc1ccc(C=C2N=C3SCN(c4ccccc4OC)CN3C2=O)cc1OC. The fourth-order valence-corrected chi connectivity index (χ4v) is 4.20. The highest BCUT2D eigenvalue weighted by atomic mass is 32.2. The van der Waals surface area contributed by atoms with Crippen molar-refractivity contribution in [3.8, 4) is 17.2 Å². The van der Waals surface area contributed by atoms with Crippen molar-refractivity contribution in [1.82, 2.24) is 4.90 Å². The van der Waals surface area contributed by atoms with Gasteiger partial charge in [-0.25, -0.2) is 4.99 Å². The average molecular weight is 411 g/mol. The summed E-state index contributed by atoms with van der Waals surface area (Å²) in [6.45, 7) is 0.425. The Morgan fingerprint density at radius 2 is 1.76 bits per heavy atom. The van der Waals surface area contributed by atoms with Gasteiger partial charge in [0.15, 0.2) is 16.7 Å². The molecule has 1 saturated heterocycles. The molecule has 2 aromatic rings. The number of methoxy groups -OCH3 is 3. The number of fused-ring (bicyclic) bond motifs is 1. The summed E-state index contributed by atoms with van der Waals surface area (Å²) in [5, 5.41) is 0.716. The number of aliphatic imine (C=N–C) groups is 1. The summed E-state index contributed by atoms with van der Waals surface area (Å²) in [4.78, 5) is 21.3. The molecule has 0 N–H and O–H groups in total. The Kier molecular flexibility index (Phi) is 5.35. The van der Waals surface area contributed by atoms with Crippen molar-refractivity contribution in [3.63, 3.8) is 0 Å². The molecule has 7 nitrogen and oxygen atoms in total. The van der Waals surface area contributed by atoms with Crippen molar-refractivity contribution < 1.29 is 19.0 Å². The topological polar surface area (TPSA) is 63.6 Å². The molecule has 1 fully saturated rings. The molecule has 0 saturated carbocycles. The molecule has 0 radical (unpaired) electrons. The van der Waals surface area contributed by atoms with E-state index in [2.05, 4.69) is 9.89 Å². The van der Waals surface area contributed by atoms with Gasteiger partial charge in [-0.2, -0.15) is 0 Å². The van der Waals surface area contributed by atoms with Crippen molar-refractivity contribution in [2.75, 3.05) is 38.8 Å². The molecule has 1 amide bonds. The van der Waals surface area contributed by atoms with Crippen molar-refractivity contribution in [2.45, 2.75) is 0 Å². The normalized spacial score (nSPS) is 17.3. The highest BCUT2D eigenvalue weighted by Gasteiger charge is 2.36. The summed E-state index contributed by atoms with van der Waals surface area (Å²) in [6, 6.07) is 13.3. The van der Waals surface area contributed by atoms with Crippen LogP contribution in [0.15, 0.2) is 53.2 Å². The number of nitrogens with zero attached hydrogens (tertiary/aromatic N) is 3. The number of anilines is 1. The van der Waals surface area contributed by atoms with Crippen LogP contribution in [0.25, 0.3) is 6.08 Å². The van der Waals surface area contributed by atoms with E-state index in [0.717, 1.165) is 17.0 Å². The first kappa shape index (κ1) is 19.2. The van der Waals surface area contributed by atoms with E-state index < -0.39 is 0 Å². The molecule has 2 heterocycles. The van der Waals surface area contributed by atoms with E-state index in [1.807, 2.05) is 42.5 Å². The lowest BCUT2D eigenvalue weighted by atomic mass is 10.1. The van der Waals surface area contributed by atoms with Crippen LogP contribution in [0.3, 0.4) is 0 Å². The zero-order valence-corrected chi connectivity index (χ0v) is 17.2. The number of hydrogen-bond donors (Lipinski definition) is 0. The van der Waals surface area contributed by atoms with Gasteiger partial charge in [-0.1, -0.05) is 30.0 Å². The minimum Gasteiger partial charge on any atom is -0.495 e. The van der Waals surface area contributed by atoms with Crippen LogP contribution in [0.2, 0.25) is 0 Å². The van der Waals surface area contributed by atoms with Gasteiger partial charge in [-0.3, -0.25) is 9.69 Å². The molecule has 0 atom stereocenters. The van der Waals surface area contributed by atoms with Gasteiger partial charge >= 0.3 is 0 Å². The smallest absolute Gasteiger partial charge is 0.280 e. The Labute approximate surface area is 173 Å². The van der Waals surface area contributed by atoms with Crippen molar-refractivity contribution >= 4 is 34.6 Å². The molecule has 150 valence electrons. The van der Waals surface area contributed by atoms with E-state index in [4.69, 9.17) is 14.2 Å². The van der Waals surface area contributed by atoms with Crippen molar-refractivity contribution in [3.05, 3.63) is 53.7 Å². The zero-order chi connectivity index (χ0) is 20.4. The first-order valence-corrected chi connectivity index (χ1v) is 9.98. The lowest BCUT2D eigenvalue weighted by Crippen LogP contribution is -2.46. The monoisotopic (exact) mass is 411 g/mol. The molecule has 0 unspecified atom stereocenters. The van der Waals surface area contributed by atoms with Crippen molar-refractivity contribution in [1.29, 1.82) is 0 Å². The van der Waals surface area contributed by atoms with Crippen LogP contribution in [0.4, 0.5) is 5.69 Å². The second-order valence-corrected chi connectivity index (χ2v) is 7.31. The van der Waals surface area contributed by atoms with E-state index in [0.29, 0.717) is 34.9 Å². The Morgan fingerprint density at radius 1 is 1.00 bits per heavy atom. The van der Waals surface area contributed by atoms with E-state index in [1.54, 1.807) is 32.3 Å². The Morgan fingerprint density at radius 3 is 2.52 bits per heavy atom. The quantitative estimate of drug-likeness (QED) is 0.703. The highest BCUT2D eigenvalue weighted by molar-refractivity contribution is 8.14. The minimum absolute atomic E-state index is 0.123. The van der Waals surface area contributed by atoms with Crippen molar-refractivity contribution in [2.24, 2.45) is 4.99 Å². The molecular weight excluding hydrogens is 390 g/mol. The summed E-state index contributed by atoms with van der Waals surface area (Å²) in [5.74, 6) is 2.59. The maximum atomic E-state index is 13.0. The Bertz CT molecular complexity index is 1010. The second-order valence-electron chi connectivity index (χ2n) is 6.40. The molecule has 8 heteroatoms. The van der Waals surface area contributed by atoms with E-state index >= 15 is 0 Å². The van der Waals surface area contributed by atoms with Crippen LogP contribution >= 0.6 is 11.8 Å². The highest BCUT2D eigenvalue weighted by Crippen LogP contribution is 2.35. The summed E-state index contributed by atoms with van der Waals surface area (Å²) in [6.07, 6.45) is 1.77. The third-order valence-electron chi connectivity index (χ3n) is 4.71. The predicted octanol–water partition coefficient (Wildman–Crippen LogP) is 3.42. The van der Waals surface area contributed by atoms with Gasteiger partial charge < -0.3 is 19.1 Å². The number of amidine groups is 1. The lowest BCUT2D eigenvalue weighted by molar-refractivity contribution is -0.122. The van der Waals surface area contributed by atoms with Gasteiger partial charge in [-0.15, -0.1) is 0 Å². The van der Waals surface area contributed by atoms with Gasteiger partial charge in [0.1, 0.15) is 18.1 Å². The van der Waals surface area contributed by atoms with E-state index in [1.165, 1.54) is 11.8 Å². The number of rotatable bonds is 5. The third kappa shape index (κ3) is 3.63. The number of hydrogen-bond acceptors (Lipinski definition) is 7. The number of carbonyl (C=O) groups excluding carboxylic acids is 1. The number of para-hydroxylation sites is 2. The molecule has 0 aromatic heterocycles. The number of benzene rings is 2. The maximum absolute atomic E-state index is 13.0. The Hall–Kier alpha value is -3.13. The van der Waals surface area contributed by atoms with Crippen LogP contribution in [-0.2, 0) is 4.79 Å². The van der Waals surface area contributed by atoms with Crippen LogP contribution in [-0.4, -0.2) is 49.8 Å². The molecule has 29 heavy (non-hydrogen) atoms. The van der Waals surface area contributed by atoms with Gasteiger partial charge in [0.25, 0.3) is 5.91 Å². The first-order chi connectivity index (χ1) is 14.1. The summed E-state index contributed by atoms with van der Waals surface area (Å²) < 4.78 is 16.1. The van der Waals surface area contributed by atoms with Crippen LogP contribution in [0, 0.1) is 0 Å². The largest absolute Gasteiger partial charge is 0.495 e. The minimum atomic E-state index is -0.123. The van der Waals surface area contributed by atoms with Crippen LogP contribution < -0.4 is 19.1 Å². The summed E-state index contributed by atoms with van der Waals surface area (Å²) in [7, 11) is 4.82. The standard InChI is InChI=1S/C21H21N3O4S/c1-26-17-7-5-4-6-16(17)23-12-24-20(25)15(22-21(24)29-13-23)10-14-8-9-18(27-2)19(11-14)28-3/h4-11H,12-13H2,1-3H3. The number of ether oxygens (including phenoxy) is 3. The molecule has 2 aliphatic heterocycles. The Balaban J connectivity index is 1.57. The maximum Gasteiger partial charge on any atom is 0.280 e. The fraction of sp³-hybridized carbons (Fsp3) is 0.238. The van der Waals surface area contributed by atoms with Gasteiger partial charge in [0.2, 0.25) is 0 Å².